The van der Waals surface area contributed by atoms with Gasteiger partial charge in [0.15, 0.2) is 11.5 Å². The number of likely N-dealkylation sites (tertiary alicyclic amines) is 1. The van der Waals surface area contributed by atoms with Crippen molar-refractivity contribution in [3.63, 3.8) is 0 Å². The predicted octanol–water partition coefficient (Wildman–Crippen LogP) is 2.41. The summed E-state index contributed by atoms with van der Waals surface area (Å²) in [6, 6.07) is 5.77. The highest BCUT2D eigenvalue weighted by Crippen LogP contribution is 2.28. The van der Waals surface area contributed by atoms with Crippen LogP contribution in [0.15, 0.2) is 18.2 Å². The molecule has 2 rings (SSSR count). The van der Waals surface area contributed by atoms with Crippen LogP contribution in [0.5, 0.6) is 11.5 Å². The molecule has 0 aromatic heterocycles. The predicted molar refractivity (Wildman–Crippen MR) is 111 cm³/mol. The van der Waals surface area contributed by atoms with Gasteiger partial charge in [0.1, 0.15) is 0 Å². The lowest BCUT2D eigenvalue weighted by Gasteiger charge is -2.32. The van der Waals surface area contributed by atoms with Gasteiger partial charge >= 0.3 is 0 Å². The first-order chi connectivity index (χ1) is 12.6. The zero-order chi connectivity index (χ0) is 18.9. The Morgan fingerprint density at radius 1 is 1.22 bits per heavy atom. The van der Waals surface area contributed by atoms with Crippen molar-refractivity contribution in [2.45, 2.75) is 25.8 Å². The minimum atomic E-state index is 0. The molecular weight excluding hydrogens is 366 g/mol. The van der Waals surface area contributed by atoms with Crippen molar-refractivity contribution in [1.82, 2.24) is 15.1 Å². The van der Waals surface area contributed by atoms with Crippen LogP contribution in [-0.2, 0) is 11.3 Å². The summed E-state index contributed by atoms with van der Waals surface area (Å²) in [5.74, 6) is 2.34. The van der Waals surface area contributed by atoms with E-state index in [0.29, 0.717) is 24.6 Å². The van der Waals surface area contributed by atoms with Crippen molar-refractivity contribution in [1.29, 1.82) is 0 Å². The first kappa shape index (κ1) is 23.5. The van der Waals surface area contributed by atoms with Gasteiger partial charge in [0.25, 0.3) is 0 Å². The number of methoxy groups -OCH3 is 2. The normalized spacial score (nSPS) is 15.1. The lowest BCUT2D eigenvalue weighted by molar-refractivity contribution is -0.132. The smallest absolute Gasteiger partial charge is 0.236 e. The van der Waals surface area contributed by atoms with Crippen LogP contribution in [0, 0.1) is 5.92 Å². The van der Waals surface area contributed by atoms with Crippen molar-refractivity contribution < 1.29 is 14.3 Å². The van der Waals surface area contributed by atoms with E-state index in [4.69, 9.17) is 9.47 Å². The molecule has 7 heteroatoms. The molecule has 1 fully saturated rings. The number of carbonyl (C=O) groups is 1. The van der Waals surface area contributed by atoms with Crippen LogP contribution in [-0.4, -0.2) is 70.2 Å². The van der Waals surface area contributed by atoms with Crippen LogP contribution < -0.4 is 14.8 Å². The summed E-state index contributed by atoms with van der Waals surface area (Å²) in [5.41, 5.74) is 1.03. The van der Waals surface area contributed by atoms with E-state index in [1.807, 2.05) is 32.3 Å². The van der Waals surface area contributed by atoms with E-state index in [0.717, 1.165) is 31.1 Å². The van der Waals surface area contributed by atoms with E-state index in [2.05, 4.69) is 10.2 Å². The second-order valence-electron chi connectivity index (χ2n) is 7.05. The van der Waals surface area contributed by atoms with Gasteiger partial charge in [-0.25, -0.2) is 0 Å². The molecule has 1 aromatic carbocycles. The Morgan fingerprint density at radius 2 is 1.89 bits per heavy atom. The van der Waals surface area contributed by atoms with Crippen molar-refractivity contribution in [2.24, 2.45) is 5.92 Å². The van der Waals surface area contributed by atoms with Crippen LogP contribution in [0.1, 0.15) is 24.8 Å². The summed E-state index contributed by atoms with van der Waals surface area (Å²) in [6.07, 6.45) is 3.61. The number of nitrogens with one attached hydrogen (secondary N) is 1. The summed E-state index contributed by atoms with van der Waals surface area (Å²) < 4.78 is 10.6. The number of benzene rings is 1. The molecule has 0 unspecified atom stereocenters. The molecule has 0 spiro atoms. The van der Waals surface area contributed by atoms with Gasteiger partial charge in [-0.3, -0.25) is 9.69 Å². The molecule has 27 heavy (non-hydrogen) atoms. The number of rotatable bonds is 9. The Kier molecular flexibility index (Phi) is 10.5. The summed E-state index contributed by atoms with van der Waals surface area (Å²) in [4.78, 5) is 16.6. The highest BCUT2D eigenvalue weighted by atomic mass is 35.5. The highest BCUT2D eigenvalue weighted by Gasteiger charge is 2.22. The SMILES string of the molecule is CNCCC1CCN(CC(=O)N(C)Cc2ccc(OC)c(OC)c2)CC1.Cl. The summed E-state index contributed by atoms with van der Waals surface area (Å²) in [6.45, 7) is 4.19. The molecule has 1 aromatic rings. The molecule has 6 nitrogen and oxygen atoms in total. The zero-order valence-electron chi connectivity index (χ0n) is 17.0. The Morgan fingerprint density at radius 3 is 2.48 bits per heavy atom. The van der Waals surface area contributed by atoms with E-state index in [1.165, 1.54) is 19.3 Å². The van der Waals surface area contributed by atoms with Gasteiger partial charge in [-0.05, 0) is 69.6 Å². The summed E-state index contributed by atoms with van der Waals surface area (Å²) >= 11 is 0. The molecule has 0 radical (unpaired) electrons. The second-order valence-corrected chi connectivity index (χ2v) is 7.05. The average Bonchev–Trinajstić information content (AvgIpc) is 2.67. The number of piperidine rings is 1. The van der Waals surface area contributed by atoms with Crippen LogP contribution in [0.25, 0.3) is 0 Å². The largest absolute Gasteiger partial charge is 0.493 e. The molecule has 154 valence electrons. The maximum Gasteiger partial charge on any atom is 0.236 e. The minimum absolute atomic E-state index is 0. The first-order valence-electron chi connectivity index (χ1n) is 9.39. The van der Waals surface area contributed by atoms with Gasteiger partial charge in [-0.2, -0.15) is 0 Å². The van der Waals surface area contributed by atoms with E-state index >= 15 is 0 Å². The minimum Gasteiger partial charge on any atom is -0.493 e. The Bertz CT molecular complexity index is 578. The number of amides is 1. The number of nitrogens with zero attached hydrogens (tertiary/aromatic N) is 2. The third-order valence-corrected chi connectivity index (χ3v) is 5.16. The second kappa shape index (κ2) is 12.1. The van der Waals surface area contributed by atoms with Crippen LogP contribution in [0.2, 0.25) is 0 Å². The topological polar surface area (TPSA) is 54.0 Å². The summed E-state index contributed by atoms with van der Waals surface area (Å²) in [7, 11) is 7.10. The fourth-order valence-electron chi connectivity index (χ4n) is 3.43. The van der Waals surface area contributed by atoms with Gasteiger partial charge < -0.3 is 19.7 Å². The van der Waals surface area contributed by atoms with E-state index in [9.17, 15) is 4.79 Å². The molecule has 1 aliphatic rings. The number of hydrogen-bond donors (Lipinski definition) is 1. The average molecular weight is 400 g/mol. The first-order valence-corrected chi connectivity index (χ1v) is 9.39. The van der Waals surface area contributed by atoms with Crippen LogP contribution >= 0.6 is 12.4 Å². The molecule has 1 saturated heterocycles. The third kappa shape index (κ3) is 7.20. The maximum absolute atomic E-state index is 12.6. The molecule has 0 aliphatic carbocycles. The number of halogens is 1. The van der Waals surface area contributed by atoms with E-state index in [-0.39, 0.29) is 18.3 Å². The van der Waals surface area contributed by atoms with Crippen molar-refractivity contribution in [3.05, 3.63) is 23.8 Å². The summed E-state index contributed by atoms with van der Waals surface area (Å²) in [5, 5.41) is 3.22. The van der Waals surface area contributed by atoms with Crippen LogP contribution in [0.4, 0.5) is 0 Å². The lowest BCUT2D eigenvalue weighted by atomic mass is 9.93. The monoisotopic (exact) mass is 399 g/mol. The molecule has 1 N–H and O–H groups in total. The highest BCUT2D eigenvalue weighted by molar-refractivity contribution is 5.85. The van der Waals surface area contributed by atoms with Gasteiger partial charge in [0.2, 0.25) is 5.91 Å². The molecule has 0 atom stereocenters. The number of likely N-dealkylation sites (N-methyl/N-ethyl adjacent to an activating group) is 1. The fraction of sp³-hybridized carbons (Fsp3) is 0.650. The number of carbonyl (C=O) groups excluding carboxylic acids is 1. The molecule has 0 saturated carbocycles. The molecule has 0 bridgehead atoms. The van der Waals surface area contributed by atoms with Crippen molar-refractivity contribution >= 4 is 18.3 Å². The number of hydrogen-bond acceptors (Lipinski definition) is 5. The van der Waals surface area contributed by atoms with E-state index < -0.39 is 0 Å². The standard InChI is InChI=1S/C20H33N3O3.ClH/c1-21-10-7-16-8-11-23(12-9-16)15-20(24)22(2)14-17-5-6-18(25-3)19(13-17)26-4;/h5-6,13,16,21H,7-12,14-15H2,1-4H3;1H. The Labute approximate surface area is 169 Å². The maximum atomic E-state index is 12.6. The quantitative estimate of drug-likeness (QED) is 0.691. The van der Waals surface area contributed by atoms with Crippen molar-refractivity contribution in [2.75, 3.05) is 54.5 Å². The molecular formula is C20H34ClN3O3. The van der Waals surface area contributed by atoms with Gasteiger partial charge in [-0.15, -0.1) is 12.4 Å². The van der Waals surface area contributed by atoms with Gasteiger partial charge in [0, 0.05) is 13.6 Å². The van der Waals surface area contributed by atoms with Gasteiger partial charge in [0.05, 0.1) is 20.8 Å². The van der Waals surface area contributed by atoms with Crippen molar-refractivity contribution in [3.8, 4) is 11.5 Å². The molecule has 1 aliphatic heterocycles. The Hall–Kier alpha value is -1.50. The van der Waals surface area contributed by atoms with Crippen LogP contribution in [0.3, 0.4) is 0 Å². The van der Waals surface area contributed by atoms with E-state index in [1.54, 1.807) is 19.1 Å². The lowest BCUT2D eigenvalue weighted by Crippen LogP contribution is -2.42. The fourth-order valence-corrected chi connectivity index (χ4v) is 3.43. The zero-order valence-corrected chi connectivity index (χ0v) is 17.8. The Balaban J connectivity index is 0.00000364. The molecule has 1 heterocycles. The number of ether oxygens (including phenoxy) is 2. The third-order valence-electron chi connectivity index (χ3n) is 5.16. The van der Waals surface area contributed by atoms with Gasteiger partial charge in [-0.1, -0.05) is 6.07 Å². The molecule has 1 amide bonds.